The van der Waals surface area contributed by atoms with Gasteiger partial charge in [0.1, 0.15) is 17.0 Å². The van der Waals surface area contributed by atoms with Crippen LogP contribution in [0.5, 0.6) is 0 Å². The zero-order valence-corrected chi connectivity index (χ0v) is 15.8. The Morgan fingerprint density at radius 1 is 0.929 bits per heavy atom. The van der Waals surface area contributed by atoms with Gasteiger partial charge in [0.15, 0.2) is 0 Å². The lowest BCUT2D eigenvalue weighted by molar-refractivity contribution is 0.637. The molecule has 0 aliphatic heterocycles. The van der Waals surface area contributed by atoms with Gasteiger partial charge < -0.3 is 0 Å². The molecular formula is C23H15ClFN3. The van der Waals surface area contributed by atoms with Gasteiger partial charge in [0.25, 0.3) is 0 Å². The van der Waals surface area contributed by atoms with E-state index < -0.39 is 0 Å². The van der Waals surface area contributed by atoms with Crippen LogP contribution in [0.2, 0.25) is 5.02 Å². The van der Waals surface area contributed by atoms with Crippen LogP contribution in [-0.4, -0.2) is 14.8 Å². The van der Waals surface area contributed by atoms with E-state index in [0.29, 0.717) is 15.9 Å². The number of rotatable bonds is 2. The minimum absolute atomic E-state index is 0.328. The molecule has 0 aliphatic rings. The SMILES string of the molecule is Cc1ccc(-n2nc(-c3ccccc3)c3cnc4c(F)cccc4c32)cc1Cl. The molecule has 5 rings (SSSR count). The van der Waals surface area contributed by atoms with Gasteiger partial charge in [0.2, 0.25) is 0 Å². The maximum atomic E-state index is 14.4. The van der Waals surface area contributed by atoms with Gasteiger partial charge >= 0.3 is 0 Å². The van der Waals surface area contributed by atoms with Crippen molar-refractivity contribution in [2.45, 2.75) is 6.92 Å². The molecule has 0 radical (unpaired) electrons. The Morgan fingerprint density at radius 2 is 1.75 bits per heavy atom. The Morgan fingerprint density at radius 3 is 2.54 bits per heavy atom. The summed E-state index contributed by atoms with van der Waals surface area (Å²) in [4.78, 5) is 4.38. The molecule has 0 aliphatic carbocycles. The standard InChI is InChI=1S/C23H15ClFN3/c1-14-10-11-16(12-19(14)24)28-23-17-8-5-9-20(25)22(17)26-13-18(23)21(27-28)15-6-3-2-4-7-15/h2-13H,1H3. The van der Waals surface area contributed by atoms with Crippen LogP contribution in [0.1, 0.15) is 5.56 Å². The van der Waals surface area contributed by atoms with Gasteiger partial charge in [-0.05, 0) is 30.7 Å². The molecule has 3 nitrogen and oxygen atoms in total. The molecule has 136 valence electrons. The number of aryl methyl sites for hydroxylation is 1. The summed E-state index contributed by atoms with van der Waals surface area (Å²) in [5, 5.41) is 7.11. The Hall–Kier alpha value is -3.24. The first-order valence-electron chi connectivity index (χ1n) is 8.91. The summed E-state index contributed by atoms with van der Waals surface area (Å²) in [6.45, 7) is 1.96. The minimum atomic E-state index is -0.352. The van der Waals surface area contributed by atoms with E-state index in [1.54, 1.807) is 12.3 Å². The van der Waals surface area contributed by atoms with Crippen LogP contribution in [0.3, 0.4) is 0 Å². The van der Waals surface area contributed by atoms with E-state index in [4.69, 9.17) is 16.7 Å². The van der Waals surface area contributed by atoms with Crippen LogP contribution in [-0.2, 0) is 0 Å². The van der Waals surface area contributed by atoms with Crippen molar-refractivity contribution in [3.63, 3.8) is 0 Å². The summed E-state index contributed by atoms with van der Waals surface area (Å²) in [7, 11) is 0. The van der Waals surface area contributed by atoms with Gasteiger partial charge in [-0.3, -0.25) is 4.98 Å². The molecule has 0 fully saturated rings. The molecule has 5 heteroatoms. The maximum absolute atomic E-state index is 14.4. The molecule has 0 atom stereocenters. The number of hydrogen-bond acceptors (Lipinski definition) is 2. The van der Waals surface area contributed by atoms with Crippen LogP contribution in [0.15, 0.2) is 72.9 Å². The summed E-state index contributed by atoms with van der Waals surface area (Å²) in [6.07, 6.45) is 1.70. The second-order valence-electron chi connectivity index (χ2n) is 6.72. The fourth-order valence-corrected chi connectivity index (χ4v) is 3.66. The molecule has 0 N–H and O–H groups in total. The Bertz CT molecular complexity index is 1340. The van der Waals surface area contributed by atoms with E-state index in [1.165, 1.54) is 6.07 Å². The van der Waals surface area contributed by atoms with Crippen LogP contribution in [0, 0.1) is 12.7 Å². The molecule has 3 aromatic carbocycles. The summed E-state index contributed by atoms with van der Waals surface area (Å²) in [6, 6.07) is 20.7. The molecule has 2 aromatic heterocycles. The van der Waals surface area contributed by atoms with E-state index in [9.17, 15) is 4.39 Å². The number of para-hydroxylation sites is 1. The summed E-state index contributed by atoms with van der Waals surface area (Å²) in [5.41, 5.74) is 4.72. The molecule has 0 saturated heterocycles. The van der Waals surface area contributed by atoms with Gasteiger partial charge in [0.05, 0.1) is 11.2 Å². The Balaban J connectivity index is 1.93. The average molecular weight is 388 g/mol. The normalized spacial score (nSPS) is 11.4. The zero-order valence-electron chi connectivity index (χ0n) is 15.0. The van der Waals surface area contributed by atoms with Crippen LogP contribution >= 0.6 is 11.6 Å². The Labute approximate surface area is 166 Å². The number of aromatic nitrogens is 3. The number of fused-ring (bicyclic) bond motifs is 3. The molecule has 2 heterocycles. The highest BCUT2D eigenvalue weighted by molar-refractivity contribution is 6.31. The third-order valence-electron chi connectivity index (χ3n) is 4.93. The lowest BCUT2D eigenvalue weighted by atomic mass is 10.1. The number of benzene rings is 3. The first-order chi connectivity index (χ1) is 13.6. The van der Waals surface area contributed by atoms with E-state index in [2.05, 4.69) is 4.98 Å². The maximum Gasteiger partial charge on any atom is 0.149 e. The lowest BCUT2D eigenvalue weighted by Gasteiger charge is -2.08. The molecule has 28 heavy (non-hydrogen) atoms. The van der Waals surface area contributed by atoms with Crippen molar-refractivity contribution >= 4 is 33.4 Å². The topological polar surface area (TPSA) is 30.7 Å². The first-order valence-corrected chi connectivity index (χ1v) is 9.29. The van der Waals surface area contributed by atoms with Crippen molar-refractivity contribution in [1.82, 2.24) is 14.8 Å². The molecular weight excluding hydrogens is 373 g/mol. The summed E-state index contributed by atoms with van der Waals surface area (Å²) >= 11 is 6.37. The fraction of sp³-hybridized carbons (Fsp3) is 0.0435. The van der Waals surface area contributed by atoms with Gasteiger partial charge in [-0.1, -0.05) is 60.1 Å². The molecule has 0 saturated carbocycles. The Kier molecular flexibility index (Phi) is 3.88. The third kappa shape index (κ3) is 2.57. The number of hydrogen-bond donors (Lipinski definition) is 0. The predicted octanol–water partition coefficient (Wildman–Crippen LogP) is 6.34. The van der Waals surface area contributed by atoms with Gasteiger partial charge in [-0.2, -0.15) is 5.10 Å². The number of nitrogens with zero attached hydrogens (tertiary/aromatic N) is 3. The molecule has 0 amide bonds. The molecule has 0 bridgehead atoms. The number of pyridine rings is 1. The smallest absolute Gasteiger partial charge is 0.149 e. The second kappa shape index (κ2) is 6.43. The van der Waals surface area contributed by atoms with E-state index in [-0.39, 0.29) is 5.82 Å². The minimum Gasteiger partial charge on any atom is -0.252 e. The number of halogens is 2. The molecule has 0 spiro atoms. The first kappa shape index (κ1) is 16.9. The zero-order chi connectivity index (χ0) is 19.3. The van der Waals surface area contributed by atoms with Crippen molar-refractivity contribution < 1.29 is 4.39 Å². The van der Waals surface area contributed by atoms with Gasteiger partial charge in [-0.15, -0.1) is 0 Å². The summed E-state index contributed by atoms with van der Waals surface area (Å²) in [5.74, 6) is -0.352. The third-order valence-corrected chi connectivity index (χ3v) is 5.34. The van der Waals surface area contributed by atoms with E-state index in [1.807, 2.05) is 66.2 Å². The van der Waals surface area contributed by atoms with E-state index in [0.717, 1.165) is 33.4 Å². The molecule has 5 aromatic rings. The summed E-state index contributed by atoms with van der Waals surface area (Å²) < 4.78 is 16.2. The highest BCUT2D eigenvalue weighted by Gasteiger charge is 2.18. The second-order valence-corrected chi connectivity index (χ2v) is 7.12. The van der Waals surface area contributed by atoms with Crippen LogP contribution in [0.25, 0.3) is 38.8 Å². The predicted molar refractivity (Wildman–Crippen MR) is 112 cm³/mol. The van der Waals surface area contributed by atoms with Crippen molar-refractivity contribution in [1.29, 1.82) is 0 Å². The van der Waals surface area contributed by atoms with Crippen molar-refractivity contribution in [3.8, 4) is 16.9 Å². The fourth-order valence-electron chi connectivity index (χ4n) is 3.49. The quantitative estimate of drug-likeness (QED) is 0.353. The average Bonchev–Trinajstić information content (AvgIpc) is 3.11. The van der Waals surface area contributed by atoms with Crippen molar-refractivity contribution in [2.75, 3.05) is 0 Å². The monoisotopic (exact) mass is 387 g/mol. The van der Waals surface area contributed by atoms with Crippen LogP contribution in [0.4, 0.5) is 4.39 Å². The largest absolute Gasteiger partial charge is 0.252 e. The van der Waals surface area contributed by atoms with Crippen molar-refractivity contribution in [2.24, 2.45) is 0 Å². The van der Waals surface area contributed by atoms with E-state index >= 15 is 0 Å². The highest BCUT2D eigenvalue weighted by Crippen LogP contribution is 2.34. The lowest BCUT2D eigenvalue weighted by Crippen LogP contribution is -1.98. The van der Waals surface area contributed by atoms with Crippen LogP contribution < -0.4 is 0 Å². The highest BCUT2D eigenvalue weighted by atomic mass is 35.5. The van der Waals surface area contributed by atoms with Gasteiger partial charge in [0, 0.05) is 27.6 Å². The van der Waals surface area contributed by atoms with Gasteiger partial charge in [-0.25, -0.2) is 9.07 Å². The van der Waals surface area contributed by atoms with Crippen molar-refractivity contribution in [3.05, 3.63) is 89.3 Å². The molecule has 0 unspecified atom stereocenters.